The highest BCUT2D eigenvalue weighted by molar-refractivity contribution is 9.10. The van der Waals surface area contributed by atoms with Crippen molar-refractivity contribution in [3.05, 3.63) is 52.3 Å². The van der Waals surface area contributed by atoms with Gasteiger partial charge in [-0.2, -0.15) is 0 Å². The summed E-state index contributed by atoms with van der Waals surface area (Å²) >= 11 is 3.24. The number of carboxylic acids is 1. The Hall–Kier alpha value is -2.41. The lowest BCUT2D eigenvalue weighted by Gasteiger charge is -2.08. The summed E-state index contributed by atoms with van der Waals surface area (Å²) in [5, 5.41) is 11.5. The van der Waals surface area contributed by atoms with E-state index in [2.05, 4.69) is 26.2 Å². The molecule has 1 aromatic carbocycles. The first kappa shape index (κ1) is 14.0. The summed E-state index contributed by atoms with van der Waals surface area (Å²) in [6.07, 6.45) is 1.37. The molecule has 0 saturated carbocycles. The van der Waals surface area contributed by atoms with Gasteiger partial charge in [-0.25, -0.2) is 9.78 Å². The Bertz CT molecular complexity index is 671. The fraction of sp³-hybridized carbons (Fsp3) is 0. The standard InChI is InChI=1S/C13H10BrN3O3/c14-9-3-1-7(13(19)20)5-11(9)17-12(18)10-4-2-8(15)6-16-10/h1-6H,15H2,(H,17,18)(H,19,20). The zero-order valence-electron chi connectivity index (χ0n) is 10.1. The third kappa shape index (κ3) is 3.12. The SMILES string of the molecule is Nc1ccc(C(=O)Nc2cc(C(=O)O)ccc2Br)nc1. The number of benzene rings is 1. The lowest BCUT2D eigenvalue weighted by atomic mass is 10.2. The van der Waals surface area contributed by atoms with Gasteiger partial charge in [0.25, 0.3) is 5.91 Å². The van der Waals surface area contributed by atoms with Gasteiger partial charge in [0.05, 0.1) is 23.1 Å². The second-order valence-corrected chi connectivity index (χ2v) is 4.79. The predicted molar refractivity (Wildman–Crippen MR) is 77.7 cm³/mol. The average Bonchev–Trinajstić information content (AvgIpc) is 2.41. The molecule has 0 spiro atoms. The van der Waals surface area contributed by atoms with Crippen LogP contribution in [-0.4, -0.2) is 22.0 Å². The van der Waals surface area contributed by atoms with Crippen LogP contribution in [0.1, 0.15) is 20.8 Å². The molecular weight excluding hydrogens is 326 g/mol. The van der Waals surface area contributed by atoms with Crippen LogP contribution >= 0.6 is 15.9 Å². The third-order valence-corrected chi connectivity index (χ3v) is 3.17. The van der Waals surface area contributed by atoms with E-state index in [1.807, 2.05) is 0 Å². The number of hydrogen-bond donors (Lipinski definition) is 3. The van der Waals surface area contributed by atoms with Gasteiger partial charge >= 0.3 is 5.97 Å². The van der Waals surface area contributed by atoms with Crippen molar-refractivity contribution >= 4 is 39.2 Å². The number of carbonyl (C=O) groups is 2. The van der Waals surface area contributed by atoms with Gasteiger partial charge in [0.1, 0.15) is 5.69 Å². The Morgan fingerprint density at radius 2 is 2.00 bits per heavy atom. The molecule has 1 heterocycles. The summed E-state index contributed by atoms with van der Waals surface area (Å²) in [5.74, 6) is -1.52. The molecule has 2 aromatic rings. The molecule has 0 unspecified atom stereocenters. The van der Waals surface area contributed by atoms with Crippen LogP contribution in [0.4, 0.5) is 11.4 Å². The van der Waals surface area contributed by atoms with Crippen LogP contribution in [0.2, 0.25) is 0 Å². The molecule has 0 aliphatic heterocycles. The molecule has 0 fully saturated rings. The maximum atomic E-state index is 12.0. The number of aromatic nitrogens is 1. The minimum atomic E-state index is -1.07. The zero-order chi connectivity index (χ0) is 14.7. The first-order chi connectivity index (χ1) is 9.47. The fourth-order valence-electron chi connectivity index (χ4n) is 1.48. The number of nitrogens with two attached hydrogens (primary N) is 1. The van der Waals surface area contributed by atoms with E-state index in [1.54, 1.807) is 12.1 Å². The molecule has 0 aliphatic carbocycles. The van der Waals surface area contributed by atoms with Gasteiger partial charge in [0, 0.05) is 4.47 Å². The van der Waals surface area contributed by atoms with Gasteiger partial charge in [0.15, 0.2) is 0 Å². The molecular formula is C13H10BrN3O3. The summed E-state index contributed by atoms with van der Waals surface area (Å²) in [7, 11) is 0. The van der Waals surface area contributed by atoms with Crippen molar-refractivity contribution in [1.29, 1.82) is 0 Å². The minimum Gasteiger partial charge on any atom is -0.478 e. The van der Waals surface area contributed by atoms with Gasteiger partial charge in [-0.05, 0) is 46.3 Å². The maximum Gasteiger partial charge on any atom is 0.335 e. The Labute approximate surface area is 122 Å². The van der Waals surface area contributed by atoms with Crippen LogP contribution in [-0.2, 0) is 0 Å². The highest BCUT2D eigenvalue weighted by Gasteiger charge is 2.12. The van der Waals surface area contributed by atoms with E-state index in [0.717, 1.165) is 0 Å². The number of aromatic carboxylic acids is 1. The van der Waals surface area contributed by atoms with E-state index in [4.69, 9.17) is 10.8 Å². The molecule has 1 amide bonds. The van der Waals surface area contributed by atoms with Crippen molar-refractivity contribution in [2.24, 2.45) is 0 Å². The number of hydrogen-bond acceptors (Lipinski definition) is 4. The minimum absolute atomic E-state index is 0.0776. The van der Waals surface area contributed by atoms with Gasteiger partial charge < -0.3 is 16.2 Å². The number of rotatable bonds is 3. The summed E-state index contributed by atoms with van der Waals surface area (Å²) < 4.78 is 0.575. The van der Waals surface area contributed by atoms with Crippen molar-refractivity contribution < 1.29 is 14.7 Å². The molecule has 0 radical (unpaired) electrons. The monoisotopic (exact) mass is 335 g/mol. The van der Waals surface area contributed by atoms with Crippen LogP contribution < -0.4 is 11.1 Å². The Kier molecular flexibility index (Phi) is 3.99. The van der Waals surface area contributed by atoms with Crippen LogP contribution in [0.15, 0.2) is 41.0 Å². The molecule has 2 rings (SSSR count). The highest BCUT2D eigenvalue weighted by Crippen LogP contribution is 2.24. The van der Waals surface area contributed by atoms with Crippen molar-refractivity contribution in [3.63, 3.8) is 0 Å². The average molecular weight is 336 g/mol. The number of carbonyl (C=O) groups excluding carboxylic acids is 1. The summed E-state index contributed by atoms with van der Waals surface area (Å²) in [6, 6.07) is 7.39. The van der Waals surface area contributed by atoms with Crippen LogP contribution in [0, 0.1) is 0 Å². The number of anilines is 2. The second kappa shape index (κ2) is 5.70. The molecule has 7 heteroatoms. The Morgan fingerprint density at radius 1 is 1.25 bits per heavy atom. The molecule has 6 nitrogen and oxygen atoms in total. The Balaban J connectivity index is 2.25. The smallest absolute Gasteiger partial charge is 0.335 e. The van der Waals surface area contributed by atoms with Crippen molar-refractivity contribution in [2.45, 2.75) is 0 Å². The van der Waals surface area contributed by atoms with Crippen molar-refractivity contribution in [1.82, 2.24) is 4.98 Å². The largest absolute Gasteiger partial charge is 0.478 e. The van der Waals surface area contributed by atoms with Crippen LogP contribution in [0.25, 0.3) is 0 Å². The van der Waals surface area contributed by atoms with E-state index < -0.39 is 11.9 Å². The summed E-state index contributed by atoms with van der Waals surface area (Å²) in [5.41, 5.74) is 6.56. The van der Waals surface area contributed by atoms with E-state index in [-0.39, 0.29) is 11.3 Å². The Morgan fingerprint density at radius 3 is 2.60 bits per heavy atom. The molecule has 20 heavy (non-hydrogen) atoms. The number of nitrogen functional groups attached to an aromatic ring is 1. The third-order valence-electron chi connectivity index (χ3n) is 2.48. The fourth-order valence-corrected chi connectivity index (χ4v) is 1.83. The first-order valence-electron chi connectivity index (χ1n) is 5.53. The van der Waals surface area contributed by atoms with E-state index in [9.17, 15) is 9.59 Å². The van der Waals surface area contributed by atoms with Gasteiger partial charge in [0.2, 0.25) is 0 Å². The number of nitrogens with zero attached hydrogens (tertiary/aromatic N) is 1. The lowest BCUT2D eigenvalue weighted by molar-refractivity contribution is 0.0696. The normalized spacial score (nSPS) is 10.1. The molecule has 0 aliphatic rings. The quantitative estimate of drug-likeness (QED) is 0.798. The molecule has 0 atom stereocenters. The lowest BCUT2D eigenvalue weighted by Crippen LogP contribution is -2.14. The van der Waals surface area contributed by atoms with Gasteiger partial charge in [-0.15, -0.1) is 0 Å². The number of nitrogens with one attached hydrogen (secondary N) is 1. The highest BCUT2D eigenvalue weighted by atomic mass is 79.9. The van der Waals surface area contributed by atoms with Crippen molar-refractivity contribution in [2.75, 3.05) is 11.1 Å². The summed E-state index contributed by atoms with van der Waals surface area (Å²) in [4.78, 5) is 26.8. The number of pyridine rings is 1. The topological polar surface area (TPSA) is 105 Å². The maximum absolute atomic E-state index is 12.0. The van der Waals surface area contributed by atoms with E-state index in [1.165, 1.54) is 24.4 Å². The zero-order valence-corrected chi connectivity index (χ0v) is 11.7. The van der Waals surface area contributed by atoms with Crippen LogP contribution in [0.5, 0.6) is 0 Å². The number of carboxylic acid groups (broad SMARTS) is 1. The molecule has 1 aromatic heterocycles. The number of halogens is 1. The van der Waals surface area contributed by atoms with E-state index >= 15 is 0 Å². The van der Waals surface area contributed by atoms with E-state index in [0.29, 0.717) is 15.8 Å². The molecule has 0 bridgehead atoms. The molecule has 4 N–H and O–H groups in total. The van der Waals surface area contributed by atoms with Crippen molar-refractivity contribution in [3.8, 4) is 0 Å². The number of amides is 1. The summed E-state index contributed by atoms with van der Waals surface area (Å²) in [6.45, 7) is 0. The first-order valence-corrected chi connectivity index (χ1v) is 6.32. The second-order valence-electron chi connectivity index (χ2n) is 3.93. The van der Waals surface area contributed by atoms with Gasteiger partial charge in [-0.1, -0.05) is 0 Å². The molecule has 0 saturated heterocycles. The van der Waals surface area contributed by atoms with Gasteiger partial charge in [-0.3, -0.25) is 4.79 Å². The molecule has 102 valence electrons. The van der Waals surface area contributed by atoms with Crippen LogP contribution in [0.3, 0.4) is 0 Å². The predicted octanol–water partition coefficient (Wildman–Crippen LogP) is 2.38.